The van der Waals surface area contributed by atoms with E-state index in [-0.39, 0.29) is 23.5 Å². The van der Waals surface area contributed by atoms with Crippen molar-refractivity contribution in [3.05, 3.63) is 51.8 Å². The van der Waals surface area contributed by atoms with E-state index in [1.54, 1.807) is 0 Å². The maximum atomic E-state index is 13.8. The van der Waals surface area contributed by atoms with E-state index in [1.165, 1.54) is 6.20 Å². The molecule has 134 valence electrons. The SMILES string of the molecule is N[C@@H](Cc1cnc(CCS(=O)c2ccc([N+](=O)[O-])cc2F)[nH]1)C(=O)O. The van der Waals surface area contributed by atoms with Crippen molar-refractivity contribution in [2.75, 3.05) is 5.75 Å². The average molecular weight is 370 g/mol. The van der Waals surface area contributed by atoms with Gasteiger partial charge in [-0.1, -0.05) is 0 Å². The number of nitro groups is 1. The third-order valence-corrected chi connectivity index (χ3v) is 4.73. The number of nitrogens with two attached hydrogens (primary N) is 1. The van der Waals surface area contributed by atoms with Gasteiger partial charge in [0.1, 0.15) is 17.7 Å². The van der Waals surface area contributed by atoms with Crippen LogP contribution in [0.1, 0.15) is 11.5 Å². The molecule has 0 spiro atoms. The molecule has 1 heterocycles. The molecule has 1 unspecified atom stereocenters. The van der Waals surface area contributed by atoms with Crippen LogP contribution in [0.25, 0.3) is 0 Å². The van der Waals surface area contributed by atoms with Crippen LogP contribution in [0.15, 0.2) is 29.3 Å². The number of carbonyl (C=O) groups is 1. The minimum atomic E-state index is -1.70. The summed E-state index contributed by atoms with van der Waals surface area (Å²) < 4.78 is 26.0. The van der Waals surface area contributed by atoms with Crippen LogP contribution in [0.3, 0.4) is 0 Å². The number of hydrogen-bond donors (Lipinski definition) is 3. The van der Waals surface area contributed by atoms with Crippen molar-refractivity contribution in [1.82, 2.24) is 9.97 Å². The summed E-state index contributed by atoms with van der Waals surface area (Å²) in [7, 11) is -1.70. The van der Waals surface area contributed by atoms with Gasteiger partial charge in [0.05, 0.1) is 26.7 Å². The topological polar surface area (TPSA) is 152 Å². The number of halogens is 1. The van der Waals surface area contributed by atoms with E-state index >= 15 is 0 Å². The zero-order chi connectivity index (χ0) is 18.6. The first-order valence-corrected chi connectivity index (χ1v) is 8.43. The van der Waals surface area contributed by atoms with Crippen molar-refractivity contribution in [3.63, 3.8) is 0 Å². The van der Waals surface area contributed by atoms with Gasteiger partial charge in [0.2, 0.25) is 0 Å². The molecule has 0 bridgehead atoms. The molecular formula is C14H15FN4O5S. The van der Waals surface area contributed by atoms with E-state index in [0.29, 0.717) is 11.5 Å². The minimum Gasteiger partial charge on any atom is -0.480 e. The van der Waals surface area contributed by atoms with Crippen molar-refractivity contribution < 1.29 is 23.4 Å². The number of rotatable bonds is 8. The normalized spacial score (nSPS) is 13.4. The molecule has 2 atom stereocenters. The van der Waals surface area contributed by atoms with Crippen molar-refractivity contribution in [2.45, 2.75) is 23.8 Å². The van der Waals surface area contributed by atoms with Crippen LogP contribution in [0, 0.1) is 15.9 Å². The zero-order valence-electron chi connectivity index (χ0n) is 12.8. The second-order valence-corrected chi connectivity index (χ2v) is 6.71. The second kappa shape index (κ2) is 7.94. The first-order valence-electron chi connectivity index (χ1n) is 7.11. The van der Waals surface area contributed by atoms with E-state index in [2.05, 4.69) is 9.97 Å². The van der Waals surface area contributed by atoms with Crippen LogP contribution in [-0.4, -0.2) is 42.0 Å². The monoisotopic (exact) mass is 370 g/mol. The summed E-state index contributed by atoms with van der Waals surface area (Å²) in [4.78, 5) is 27.3. The van der Waals surface area contributed by atoms with E-state index in [9.17, 15) is 23.5 Å². The molecule has 2 aromatic rings. The Morgan fingerprint density at radius 1 is 1.52 bits per heavy atom. The summed E-state index contributed by atoms with van der Waals surface area (Å²) in [6, 6.07) is 1.89. The summed E-state index contributed by atoms with van der Waals surface area (Å²) in [5.41, 5.74) is 5.53. The third-order valence-electron chi connectivity index (χ3n) is 3.33. The van der Waals surface area contributed by atoms with Crippen LogP contribution in [-0.2, 0) is 28.4 Å². The molecule has 0 saturated heterocycles. The minimum absolute atomic E-state index is 0.0483. The van der Waals surface area contributed by atoms with Gasteiger partial charge in [-0.05, 0) is 6.07 Å². The standard InChI is InChI=1S/C14H15FN4O5S/c15-10-6-9(19(22)23)1-2-12(10)25(24)4-3-13-17-7-8(18-13)5-11(16)14(20)21/h1-2,6-7,11H,3-5,16H2,(H,17,18)(H,20,21)/t11-,25?/m0/s1. The number of benzene rings is 1. The average Bonchev–Trinajstić information content (AvgIpc) is 2.99. The largest absolute Gasteiger partial charge is 0.480 e. The molecule has 0 saturated carbocycles. The Balaban J connectivity index is 1.97. The number of hydrogen-bond acceptors (Lipinski definition) is 6. The Hall–Kier alpha value is -2.66. The number of non-ortho nitro benzene ring substituents is 1. The van der Waals surface area contributed by atoms with Crippen LogP contribution in [0.2, 0.25) is 0 Å². The first-order chi connectivity index (χ1) is 11.8. The Bertz CT molecular complexity index is 825. The van der Waals surface area contributed by atoms with Gasteiger partial charge in [-0.2, -0.15) is 0 Å². The summed E-state index contributed by atoms with van der Waals surface area (Å²) in [6.07, 6.45) is 1.74. The maximum Gasteiger partial charge on any atom is 0.320 e. The van der Waals surface area contributed by atoms with E-state index in [1.807, 2.05) is 0 Å². The van der Waals surface area contributed by atoms with E-state index < -0.39 is 39.2 Å². The van der Waals surface area contributed by atoms with E-state index in [0.717, 1.165) is 18.2 Å². The number of aromatic amines is 1. The smallest absolute Gasteiger partial charge is 0.320 e. The number of aromatic nitrogens is 2. The maximum absolute atomic E-state index is 13.8. The number of aliphatic carboxylic acids is 1. The molecule has 1 aromatic carbocycles. The highest BCUT2D eigenvalue weighted by molar-refractivity contribution is 7.85. The Kier molecular flexibility index (Phi) is 5.93. The number of nitrogens with one attached hydrogen (secondary N) is 1. The molecule has 0 amide bonds. The van der Waals surface area contributed by atoms with Gasteiger partial charge < -0.3 is 15.8 Å². The highest BCUT2D eigenvalue weighted by atomic mass is 32.2. The quantitative estimate of drug-likeness (QED) is 0.458. The molecule has 9 nitrogen and oxygen atoms in total. The fraction of sp³-hybridized carbons (Fsp3) is 0.286. The van der Waals surface area contributed by atoms with Gasteiger partial charge >= 0.3 is 5.97 Å². The lowest BCUT2D eigenvalue weighted by atomic mass is 10.2. The Morgan fingerprint density at radius 3 is 2.84 bits per heavy atom. The summed E-state index contributed by atoms with van der Waals surface area (Å²) >= 11 is 0. The van der Waals surface area contributed by atoms with E-state index in [4.69, 9.17) is 10.8 Å². The fourth-order valence-electron chi connectivity index (χ4n) is 2.05. The lowest BCUT2D eigenvalue weighted by molar-refractivity contribution is -0.385. The predicted octanol–water partition coefficient (Wildman–Crippen LogP) is 0.762. The Labute approximate surface area is 143 Å². The molecule has 11 heteroatoms. The van der Waals surface area contributed by atoms with Crippen molar-refractivity contribution >= 4 is 22.5 Å². The summed E-state index contributed by atoms with van der Waals surface area (Å²) in [6.45, 7) is 0. The highest BCUT2D eigenvalue weighted by Gasteiger charge is 2.17. The van der Waals surface area contributed by atoms with Crippen molar-refractivity contribution in [1.29, 1.82) is 0 Å². The highest BCUT2D eigenvalue weighted by Crippen LogP contribution is 2.19. The molecule has 1 aromatic heterocycles. The van der Waals surface area contributed by atoms with Crippen LogP contribution in [0.4, 0.5) is 10.1 Å². The van der Waals surface area contributed by atoms with Crippen molar-refractivity contribution in [2.24, 2.45) is 5.73 Å². The van der Waals surface area contributed by atoms with Gasteiger partial charge in [-0.25, -0.2) is 9.37 Å². The lowest BCUT2D eigenvalue weighted by Gasteiger charge is -2.04. The molecule has 0 radical (unpaired) electrons. The van der Waals surface area contributed by atoms with Crippen LogP contribution >= 0.6 is 0 Å². The number of nitrogens with zero attached hydrogens (tertiary/aromatic N) is 2. The fourth-order valence-corrected chi connectivity index (χ4v) is 3.14. The van der Waals surface area contributed by atoms with Crippen LogP contribution < -0.4 is 5.73 Å². The zero-order valence-corrected chi connectivity index (χ0v) is 13.7. The number of nitro benzene ring substituents is 1. The third kappa shape index (κ3) is 4.90. The number of carboxylic acid groups (broad SMARTS) is 1. The molecule has 0 aliphatic heterocycles. The van der Waals surface area contributed by atoms with Crippen LogP contribution in [0.5, 0.6) is 0 Å². The molecule has 0 aliphatic rings. The molecule has 2 rings (SSSR count). The molecule has 0 fully saturated rings. The first kappa shape index (κ1) is 18.7. The van der Waals surface area contributed by atoms with Gasteiger partial charge in [0, 0.05) is 36.6 Å². The molecule has 4 N–H and O–H groups in total. The molecule has 25 heavy (non-hydrogen) atoms. The molecule has 0 aliphatic carbocycles. The molecular weight excluding hydrogens is 355 g/mol. The predicted molar refractivity (Wildman–Crippen MR) is 85.9 cm³/mol. The lowest BCUT2D eigenvalue weighted by Crippen LogP contribution is -2.32. The van der Waals surface area contributed by atoms with Gasteiger partial charge in [0.15, 0.2) is 0 Å². The second-order valence-electron chi connectivity index (χ2n) is 5.18. The van der Waals surface area contributed by atoms with Gasteiger partial charge in [0.25, 0.3) is 5.69 Å². The summed E-state index contributed by atoms with van der Waals surface area (Å²) in [5, 5.41) is 19.3. The number of H-pyrrole nitrogens is 1. The van der Waals surface area contributed by atoms with Gasteiger partial charge in [-0.3, -0.25) is 19.1 Å². The summed E-state index contributed by atoms with van der Waals surface area (Å²) in [5.74, 6) is -1.53. The number of imidazole rings is 1. The van der Waals surface area contributed by atoms with Gasteiger partial charge in [-0.15, -0.1) is 0 Å². The van der Waals surface area contributed by atoms with Crippen molar-refractivity contribution in [3.8, 4) is 0 Å². The number of carboxylic acids is 1. The Morgan fingerprint density at radius 2 is 2.24 bits per heavy atom. The number of aryl methyl sites for hydroxylation is 1.